The Hall–Kier alpha value is -6.96. The summed E-state index contributed by atoms with van der Waals surface area (Å²) in [5.41, 5.74) is 15.5. The number of hydrogen-bond acceptors (Lipinski definition) is 8. The molecule has 1 unspecified atom stereocenters. The van der Waals surface area contributed by atoms with Crippen molar-refractivity contribution in [3.8, 4) is 0 Å². The molecular formula is C84H127N5O8. The van der Waals surface area contributed by atoms with E-state index in [1.54, 1.807) is 6.08 Å². The highest BCUT2D eigenvalue weighted by Gasteiger charge is 2.30. The number of allylic oxidation sites excluding steroid dienone is 27. The van der Waals surface area contributed by atoms with Crippen LogP contribution in [-0.4, -0.2) is 94.0 Å². The zero-order valence-corrected chi connectivity index (χ0v) is 63.1. The zero-order chi connectivity index (χ0) is 72.0. The normalized spacial score (nSPS) is 18.5. The van der Waals surface area contributed by atoms with Crippen LogP contribution in [0.1, 0.15) is 233 Å². The van der Waals surface area contributed by atoms with Crippen LogP contribution in [0.4, 0.5) is 0 Å². The topological polar surface area (TPSA) is 181 Å². The average Bonchev–Trinajstić information content (AvgIpc) is 0.844. The predicted molar refractivity (Wildman–Crippen MR) is 404 cm³/mol. The van der Waals surface area contributed by atoms with Gasteiger partial charge in [-0.1, -0.05) is 179 Å². The quantitative estimate of drug-likeness (QED) is 0.0228. The molecule has 0 heterocycles. The number of nitrogens with one attached hydrogen (secondary N) is 5. The highest BCUT2D eigenvalue weighted by atomic mass is 16.5. The number of hydrogen-bond donors (Lipinski definition) is 5. The van der Waals surface area contributed by atoms with Crippen molar-refractivity contribution in [3.05, 3.63) is 176 Å². The first-order valence-corrected chi connectivity index (χ1v) is 36.3. The van der Waals surface area contributed by atoms with Crippen LogP contribution < -0.4 is 26.6 Å². The van der Waals surface area contributed by atoms with Gasteiger partial charge in [0.2, 0.25) is 29.5 Å². The summed E-state index contributed by atoms with van der Waals surface area (Å²) in [5, 5.41) is 14.8. The lowest BCUT2D eigenvalue weighted by Crippen LogP contribution is -2.44. The Balaban J connectivity index is 1.80. The number of unbranched alkanes of at least 4 members (excludes halogenated alkanes) is 1. The minimum atomic E-state index is -1.03. The van der Waals surface area contributed by atoms with Gasteiger partial charge in [0, 0.05) is 83.0 Å². The summed E-state index contributed by atoms with van der Waals surface area (Å²) in [4.78, 5) is 81.3. The van der Waals surface area contributed by atoms with Crippen LogP contribution in [0.25, 0.3) is 0 Å². The van der Waals surface area contributed by atoms with Crippen molar-refractivity contribution < 1.29 is 38.2 Å². The monoisotopic (exact) mass is 1330 g/mol. The summed E-state index contributed by atoms with van der Waals surface area (Å²) in [6.45, 7) is 39.5. The lowest BCUT2D eigenvalue weighted by Gasteiger charge is -2.33. The number of carbonyl (C=O) groups excluding carboxylic acids is 6. The van der Waals surface area contributed by atoms with Crippen molar-refractivity contribution in [1.29, 1.82) is 0 Å². The molecule has 0 radical (unpaired) electrons. The third-order valence-electron chi connectivity index (χ3n) is 18.5. The third kappa shape index (κ3) is 34.9. The van der Waals surface area contributed by atoms with Crippen molar-refractivity contribution in [2.24, 2.45) is 22.2 Å². The maximum absolute atomic E-state index is 14.6. The molecule has 0 saturated heterocycles. The van der Waals surface area contributed by atoms with E-state index >= 15 is 0 Å². The van der Waals surface area contributed by atoms with Gasteiger partial charge in [0.1, 0.15) is 0 Å². The van der Waals surface area contributed by atoms with Gasteiger partial charge in [-0.25, -0.2) is 0 Å². The molecule has 2 atom stereocenters. The summed E-state index contributed by atoms with van der Waals surface area (Å²) < 4.78 is 11.2. The Bertz CT molecular complexity index is 3130. The first-order chi connectivity index (χ1) is 45.9. The minimum Gasteiger partial charge on any atom is -0.381 e. The molecule has 0 aromatic rings. The fraction of sp³-hybridized carbons (Fsp3) is 0.571. The highest BCUT2D eigenvalue weighted by molar-refractivity contribution is 5.96. The summed E-state index contributed by atoms with van der Waals surface area (Å²) in [7, 11) is 0. The van der Waals surface area contributed by atoms with Crippen molar-refractivity contribution in [2.45, 2.75) is 239 Å². The van der Waals surface area contributed by atoms with E-state index in [2.05, 4.69) is 145 Å². The van der Waals surface area contributed by atoms with Gasteiger partial charge >= 0.3 is 0 Å². The summed E-state index contributed by atoms with van der Waals surface area (Å²) in [5.74, 6) is -2.47. The molecule has 0 fully saturated rings. The second-order valence-electron chi connectivity index (χ2n) is 29.4. The van der Waals surface area contributed by atoms with E-state index in [4.69, 9.17) is 9.47 Å². The number of Topliss-reactive ketones (excluding diaryl/α,β-unsaturated/α-hetero) is 1. The molecule has 0 aromatic heterocycles. The Labute approximate surface area is 587 Å². The highest BCUT2D eigenvalue weighted by Crippen LogP contribution is 2.43. The second-order valence-corrected chi connectivity index (χ2v) is 29.4. The van der Waals surface area contributed by atoms with Crippen molar-refractivity contribution >= 4 is 35.3 Å². The molecule has 97 heavy (non-hydrogen) atoms. The van der Waals surface area contributed by atoms with Gasteiger partial charge < -0.3 is 36.1 Å². The van der Waals surface area contributed by atoms with Crippen LogP contribution >= 0.6 is 0 Å². The number of rotatable bonds is 41. The number of ether oxygens (including phenoxy) is 2. The van der Waals surface area contributed by atoms with E-state index in [1.165, 1.54) is 77.7 Å². The SMILES string of the molecule is CCCOCCC(=O)NCCCOCCCNC(=O)C(CCCCNC(=O)/C=C(C)/C=C(C)/C=C(C)/C=C/C1=C(C)CCCC1(C)C)CC(=O)[C@H](CCNC(=O)/C=C(C)/C=C/C=C(C)/C=C/C1=C(C)CCCC1(C)C)NC(=O)/C=C(C)/C=C/C=C(C)/C=C/C1=C(C)CCCC1(C)C. The lowest BCUT2D eigenvalue weighted by atomic mass is 9.72. The van der Waals surface area contributed by atoms with E-state index in [9.17, 15) is 28.8 Å². The molecule has 3 aliphatic carbocycles. The maximum atomic E-state index is 14.6. The van der Waals surface area contributed by atoms with E-state index in [-0.39, 0.29) is 65.0 Å². The van der Waals surface area contributed by atoms with Gasteiger partial charge in [-0.3, -0.25) is 28.8 Å². The van der Waals surface area contributed by atoms with Gasteiger partial charge in [-0.05, 0) is 215 Å². The van der Waals surface area contributed by atoms with Crippen LogP contribution in [0.2, 0.25) is 0 Å². The first-order valence-electron chi connectivity index (χ1n) is 36.3. The van der Waals surface area contributed by atoms with Crippen molar-refractivity contribution in [3.63, 3.8) is 0 Å². The van der Waals surface area contributed by atoms with Crippen molar-refractivity contribution in [1.82, 2.24) is 26.6 Å². The maximum Gasteiger partial charge on any atom is 0.244 e. The molecule has 5 N–H and O–H groups in total. The number of ketones is 1. The second kappa shape index (κ2) is 44.9. The summed E-state index contributed by atoms with van der Waals surface area (Å²) in [6, 6.07) is -1.03. The van der Waals surface area contributed by atoms with Gasteiger partial charge in [0.25, 0.3) is 0 Å². The minimum absolute atomic E-state index is 0.0615. The number of carbonyl (C=O) groups is 6. The molecule has 0 saturated carbocycles. The standard InChI is InChI=1S/C84H127N5O8/c1-18-51-96-54-43-77(91)85-48-26-52-97-53-27-49-88-81(95)71(35-19-20-47-86-79(93)59-67(8)56-66(7)55-65(6)38-41-74-70(11)34-25-46-84(74,16)17)60-76(90)75(89-80(94)58-64(5)31-22-29-62(3)37-40-73-69(10)33-24-45-83(73,14)15)42-50-87-78(92)57-63(4)30-21-28-61(2)36-39-72-68(9)32-23-44-82(72,12)13/h21-22,28-31,36-41,55-59,71,75H,18-20,23-27,32-35,42-54,60H2,1-17H3,(H,85,91)(H,86,93)(H,87,92)(H,88,95)(H,89,94)/b30-21+,31-22+,39-36+,40-37+,41-38+,61-28+,62-29+,63-57+,64-58+,65-55+,66-56+,67-59+/t71?,75-/m0/s1. The van der Waals surface area contributed by atoms with Crippen LogP contribution in [0.5, 0.6) is 0 Å². The zero-order valence-electron chi connectivity index (χ0n) is 63.1. The van der Waals surface area contributed by atoms with Gasteiger partial charge in [-0.15, -0.1) is 0 Å². The van der Waals surface area contributed by atoms with Crippen LogP contribution in [0.15, 0.2) is 176 Å². The Morgan fingerprint density at radius 1 is 0.454 bits per heavy atom. The molecule has 0 bridgehead atoms. The smallest absolute Gasteiger partial charge is 0.244 e. The molecule has 13 heteroatoms. The Morgan fingerprint density at radius 3 is 1.38 bits per heavy atom. The lowest BCUT2D eigenvalue weighted by molar-refractivity contribution is -0.131. The molecular weight excluding hydrogens is 1210 g/mol. The third-order valence-corrected chi connectivity index (χ3v) is 18.5. The molecule has 0 aromatic carbocycles. The van der Waals surface area contributed by atoms with Gasteiger partial charge in [-0.2, -0.15) is 0 Å². The van der Waals surface area contributed by atoms with E-state index in [0.29, 0.717) is 90.2 Å². The van der Waals surface area contributed by atoms with Crippen molar-refractivity contribution in [2.75, 3.05) is 52.6 Å². The van der Waals surface area contributed by atoms with E-state index in [1.807, 2.05) is 84.1 Å². The predicted octanol–water partition coefficient (Wildman–Crippen LogP) is 17.7. The summed E-state index contributed by atoms with van der Waals surface area (Å²) in [6.07, 6.45) is 47.8. The molecule has 3 aliphatic rings. The van der Waals surface area contributed by atoms with E-state index in [0.717, 1.165) is 65.5 Å². The Kier molecular flexibility index (Phi) is 39.0. The van der Waals surface area contributed by atoms with Crippen LogP contribution in [-0.2, 0) is 38.2 Å². The van der Waals surface area contributed by atoms with Crippen LogP contribution in [0.3, 0.4) is 0 Å². The van der Waals surface area contributed by atoms with Crippen LogP contribution in [0, 0.1) is 22.2 Å². The van der Waals surface area contributed by atoms with E-state index < -0.39 is 17.9 Å². The molecule has 536 valence electrons. The molecule has 13 nitrogen and oxygen atoms in total. The number of amides is 5. The Morgan fingerprint density at radius 2 is 0.876 bits per heavy atom. The molecule has 5 amide bonds. The fourth-order valence-electron chi connectivity index (χ4n) is 13.0. The fourth-order valence-corrected chi connectivity index (χ4v) is 13.0. The van der Waals surface area contributed by atoms with Gasteiger partial charge in [0.15, 0.2) is 5.78 Å². The largest absolute Gasteiger partial charge is 0.381 e. The first kappa shape index (κ1) is 84.3. The molecule has 3 rings (SSSR count). The average molecular weight is 1330 g/mol. The van der Waals surface area contributed by atoms with Gasteiger partial charge in [0.05, 0.1) is 12.6 Å². The molecule has 0 aliphatic heterocycles. The summed E-state index contributed by atoms with van der Waals surface area (Å²) >= 11 is 0. The molecule has 0 spiro atoms.